The minimum atomic E-state index is -0.0869. The Balaban J connectivity index is 1.70. The van der Waals surface area contributed by atoms with Gasteiger partial charge in [-0.25, -0.2) is 0 Å². The van der Waals surface area contributed by atoms with Gasteiger partial charge in [-0.2, -0.15) is 0 Å². The summed E-state index contributed by atoms with van der Waals surface area (Å²) in [6.45, 7) is 0.867. The molecule has 80 valence electrons. The van der Waals surface area contributed by atoms with Crippen molar-refractivity contribution in [3.05, 3.63) is 18.2 Å². The Bertz CT molecular complexity index is 387. The summed E-state index contributed by atoms with van der Waals surface area (Å²) in [5.41, 5.74) is 5.84. The Morgan fingerprint density at radius 2 is 2.07 bits per heavy atom. The van der Waals surface area contributed by atoms with E-state index in [9.17, 15) is 0 Å². The number of nitrogens with two attached hydrogens (primary N) is 1. The molecule has 2 N–H and O–H groups in total. The van der Waals surface area contributed by atoms with Crippen molar-refractivity contribution in [2.24, 2.45) is 5.73 Å². The first-order valence-electron chi connectivity index (χ1n) is 5.07. The van der Waals surface area contributed by atoms with Crippen molar-refractivity contribution in [3.63, 3.8) is 0 Å². The highest BCUT2D eigenvalue weighted by atomic mass is 16.7. The maximum Gasteiger partial charge on any atom is 0.231 e. The molecular formula is C11H13NO3. The summed E-state index contributed by atoms with van der Waals surface area (Å²) >= 11 is 0. The Kier molecular flexibility index (Phi) is 1.79. The molecule has 1 fully saturated rings. The average Bonchev–Trinajstić information content (AvgIpc) is 2.80. The van der Waals surface area contributed by atoms with Crippen molar-refractivity contribution in [3.8, 4) is 17.2 Å². The first-order valence-corrected chi connectivity index (χ1v) is 5.07. The zero-order valence-corrected chi connectivity index (χ0v) is 8.36. The molecule has 4 nitrogen and oxygen atoms in total. The highest BCUT2D eigenvalue weighted by Crippen LogP contribution is 2.37. The SMILES string of the molecule is NC1(COc2ccc3c(c2)OCO3)CC1. The van der Waals surface area contributed by atoms with E-state index in [0.717, 1.165) is 30.1 Å². The number of rotatable bonds is 3. The molecule has 1 aliphatic heterocycles. The molecule has 1 aromatic rings. The minimum Gasteiger partial charge on any atom is -0.492 e. The number of fused-ring (bicyclic) bond motifs is 1. The minimum absolute atomic E-state index is 0.0869. The summed E-state index contributed by atoms with van der Waals surface area (Å²) in [5.74, 6) is 2.31. The van der Waals surface area contributed by atoms with Gasteiger partial charge in [0, 0.05) is 6.07 Å². The van der Waals surface area contributed by atoms with Crippen LogP contribution in [-0.2, 0) is 0 Å². The first kappa shape index (κ1) is 8.85. The fourth-order valence-electron chi connectivity index (χ4n) is 1.50. The molecular weight excluding hydrogens is 194 g/mol. The van der Waals surface area contributed by atoms with Gasteiger partial charge in [0.25, 0.3) is 0 Å². The summed E-state index contributed by atoms with van der Waals surface area (Å²) < 4.78 is 16.1. The molecule has 0 atom stereocenters. The van der Waals surface area contributed by atoms with Gasteiger partial charge in [0.05, 0.1) is 5.54 Å². The van der Waals surface area contributed by atoms with Gasteiger partial charge in [-0.15, -0.1) is 0 Å². The van der Waals surface area contributed by atoms with Crippen LogP contribution in [0.1, 0.15) is 12.8 Å². The molecule has 0 amide bonds. The summed E-state index contributed by atoms with van der Waals surface area (Å²) in [6.07, 6.45) is 2.11. The van der Waals surface area contributed by atoms with Gasteiger partial charge >= 0.3 is 0 Å². The van der Waals surface area contributed by atoms with Gasteiger partial charge in [0.15, 0.2) is 11.5 Å². The van der Waals surface area contributed by atoms with Crippen LogP contribution in [0, 0.1) is 0 Å². The Morgan fingerprint density at radius 1 is 1.27 bits per heavy atom. The van der Waals surface area contributed by atoms with E-state index in [4.69, 9.17) is 19.9 Å². The van der Waals surface area contributed by atoms with Crippen LogP contribution in [0.4, 0.5) is 0 Å². The van der Waals surface area contributed by atoms with Crippen LogP contribution in [-0.4, -0.2) is 18.9 Å². The Labute approximate surface area is 87.9 Å². The molecule has 3 rings (SSSR count). The van der Waals surface area contributed by atoms with E-state index in [2.05, 4.69) is 0 Å². The first-order chi connectivity index (χ1) is 7.25. The summed E-state index contributed by atoms with van der Waals surface area (Å²) in [7, 11) is 0. The largest absolute Gasteiger partial charge is 0.492 e. The molecule has 4 heteroatoms. The van der Waals surface area contributed by atoms with Gasteiger partial charge in [-0.1, -0.05) is 0 Å². The van der Waals surface area contributed by atoms with Gasteiger partial charge in [-0.3, -0.25) is 0 Å². The number of hydrogen-bond acceptors (Lipinski definition) is 4. The topological polar surface area (TPSA) is 53.7 Å². The normalized spacial score (nSPS) is 20.1. The lowest BCUT2D eigenvalue weighted by molar-refractivity contribution is 0.173. The predicted molar refractivity (Wildman–Crippen MR) is 54.2 cm³/mol. The molecule has 0 bridgehead atoms. The Morgan fingerprint density at radius 3 is 2.87 bits per heavy atom. The van der Waals surface area contributed by atoms with Crippen molar-refractivity contribution in [2.45, 2.75) is 18.4 Å². The monoisotopic (exact) mass is 207 g/mol. The molecule has 0 saturated heterocycles. The van der Waals surface area contributed by atoms with Gasteiger partial charge < -0.3 is 19.9 Å². The van der Waals surface area contributed by atoms with E-state index < -0.39 is 0 Å². The van der Waals surface area contributed by atoms with Crippen LogP contribution in [0.15, 0.2) is 18.2 Å². The lowest BCUT2D eigenvalue weighted by Gasteiger charge is -2.11. The lowest BCUT2D eigenvalue weighted by Crippen LogP contribution is -2.29. The third-order valence-corrected chi connectivity index (χ3v) is 2.76. The van der Waals surface area contributed by atoms with Gasteiger partial charge in [0.1, 0.15) is 12.4 Å². The van der Waals surface area contributed by atoms with Gasteiger partial charge in [0.2, 0.25) is 6.79 Å². The molecule has 2 aliphatic rings. The molecule has 0 unspecified atom stereocenters. The van der Waals surface area contributed by atoms with E-state index in [1.165, 1.54) is 0 Å². The van der Waals surface area contributed by atoms with E-state index in [1.54, 1.807) is 0 Å². The number of benzene rings is 1. The molecule has 1 heterocycles. The molecule has 15 heavy (non-hydrogen) atoms. The van der Waals surface area contributed by atoms with Crippen molar-refractivity contribution < 1.29 is 14.2 Å². The second kappa shape index (κ2) is 3.03. The lowest BCUT2D eigenvalue weighted by atomic mass is 10.3. The molecule has 1 aliphatic carbocycles. The van der Waals surface area contributed by atoms with Crippen LogP contribution >= 0.6 is 0 Å². The molecule has 1 saturated carbocycles. The van der Waals surface area contributed by atoms with Gasteiger partial charge in [-0.05, 0) is 25.0 Å². The quantitative estimate of drug-likeness (QED) is 0.811. The van der Waals surface area contributed by atoms with Crippen LogP contribution in [0.3, 0.4) is 0 Å². The zero-order valence-electron chi connectivity index (χ0n) is 8.36. The van der Waals surface area contributed by atoms with Crippen LogP contribution in [0.5, 0.6) is 17.2 Å². The van der Waals surface area contributed by atoms with Crippen LogP contribution in [0.2, 0.25) is 0 Å². The number of ether oxygens (including phenoxy) is 3. The third-order valence-electron chi connectivity index (χ3n) is 2.76. The second-order valence-corrected chi connectivity index (χ2v) is 4.17. The standard InChI is InChI=1S/C11H13NO3/c12-11(3-4-11)6-13-8-1-2-9-10(5-8)15-7-14-9/h1-2,5H,3-4,6-7,12H2. The highest BCUT2D eigenvalue weighted by molar-refractivity contribution is 5.46. The van der Waals surface area contributed by atoms with E-state index in [0.29, 0.717) is 13.4 Å². The Hall–Kier alpha value is -1.42. The van der Waals surface area contributed by atoms with Crippen molar-refractivity contribution >= 4 is 0 Å². The highest BCUT2D eigenvalue weighted by Gasteiger charge is 2.39. The molecule has 0 aromatic heterocycles. The van der Waals surface area contributed by atoms with Crippen molar-refractivity contribution in [1.29, 1.82) is 0 Å². The maximum atomic E-state index is 5.93. The summed E-state index contributed by atoms with van der Waals surface area (Å²) in [5, 5.41) is 0. The average molecular weight is 207 g/mol. The maximum absolute atomic E-state index is 5.93. The number of hydrogen-bond donors (Lipinski definition) is 1. The smallest absolute Gasteiger partial charge is 0.231 e. The van der Waals surface area contributed by atoms with Crippen molar-refractivity contribution in [2.75, 3.05) is 13.4 Å². The van der Waals surface area contributed by atoms with Crippen molar-refractivity contribution in [1.82, 2.24) is 0 Å². The fourth-order valence-corrected chi connectivity index (χ4v) is 1.50. The van der Waals surface area contributed by atoms with E-state index >= 15 is 0 Å². The third kappa shape index (κ3) is 1.72. The fraction of sp³-hybridized carbons (Fsp3) is 0.455. The molecule has 0 radical (unpaired) electrons. The molecule has 0 spiro atoms. The van der Waals surface area contributed by atoms with E-state index in [1.807, 2.05) is 18.2 Å². The van der Waals surface area contributed by atoms with Crippen LogP contribution in [0.25, 0.3) is 0 Å². The summed E-state index contributed by atoms with van der Waals surface area (Å²) in [4.78, 5) is 0. The zero-order chi connectivity index (χ0) is 10.3. The second-order valence-electron chi connectivity index (χ2n) is 4.17. The molecule has 1 aromatic carbocycles. The summed E-state index contributed by atoms with van der Waals surface area (Å²) in [6, 6.07) is 5.57. The van der Waals surface area contributed by atoms with Crippen LogP contribution < -0.4 is 19.9 Å². The predicted octanol–water partition coefficient (Wildman–Crippen LogP) is 1.29. The van der Waals surface area contributed by atoms with E-state index in [-0.39, 0.29) is 5.54 Å².